The highest BCUT2D eigenvalue weighted by molar-refractivity contribution is 9.10. The van der Waals surface area contributed by atoms with E-state index < -0.39 is 46.6 Å². The first-order valence-corrected chi connectivity index (χ1v) is 8.95. The molecule has 0 radical (unpaired) electrons. The van der Waals surface area contributed by atoms with Crippen molar-refractivity contribution in [2.45, 2.75) is 25.3 Å². The summed E-state index contributed by atoms with van der Waals surface area (Å²) in [6.07, 6.45) is -8.88. The van der Waals surface area contributed by atoms with E-state index in [0.717, 1.165) is 6.08 Å². The summed E-state index contributed by atoms with van der Waals surface area (Å²) in [5, 5.41) is 11.4. The molecule has 0 bridgehead atoms. The fraction of sp³-hybridized carbons (Fsp3) is 0.211. The fourth-order valence-electron chi connectivity index (χ4n) is 2.39. The van der Waals surface area contributed by atoms with Gasteiger partial charge in [0.15, 0.2) is 0 Å². The van der Waals surface area contributed by atoms with Crippen LogP contribution in [0.15, 0.2) is 46.6 Å². The van der Waals surface area contributed by atoms with Crippen LogP contribution in [0.3, 0.4) is 0 Å². The lowest BCUT2D eigenvalue weighted by atomic mass is 10.00. The Morgan fingerprint density at radius 2 is 1.70 bits per heavy atom. The SMILES string of the molecule is C[C@H](NC(=O)C(C#N)=Cc1cccc(Br)n1)c1cc(C(F)(F)F)cc(C(F)(F)F)c1. The summed E-state index contributed by atoms with van der Waals surface area (Å²) in [6.45, 7) is 1.21. The highest BCUT2D eigenvalue weighted by Crippen LogP contribution is 2.37. The van der Waals surface area contributed by atoms with Crippen molar-refractivity contribution in [3.63, 3.8) is 0 Å². The maximum absolute atomic E-state index is 13.0. The minimum absolute atomic E-state index is 0.00240. The van der Waals surface area contributed by atoms with Crippen LogP contribution < -0.4 is 5.32 Å². The van der Waals surface area contributed by atoms with Crippen molar-refractivity contribution in [2.75, 3.05) is 0 Å². The molecule has 4 nitrogen and oxygen atoms in total. The molecule has 0 aliphatic heterocycles. The van der Waals surface area contributed by atoms with Gasteiger partial charge in [0, 0.05) is 0 Å². The molecule has 0 aliphatic rings. The van der Waals surface area contributed by atoms with E-state index >= 15 is 0 Å². The molecule has 0 fully saturated rings. The first kappa shape index (κ1) is 23.4. The Hall–Kier alpha value is -2.87. The Morgan fingerprint density at radius 3 is 2.17 bits per heavy atom. The summed E-state index contributed by atoms with van der Waals surface area (Å²) in [4.78, 5) is 16.3. The Labute approximate surface area is 175 Å². The summed E-state index contributed by atoms with van der Waals surface area (Å²) >= 11 is 3.12. The van der Waals surface area contributed by atoms with Crippen LogP contribution in [0, 0.1) is 11.3 Å². The van der Waals surface area contributed by atoms with E-state index in [1.165, 1.54) is 13.0 Å². The summed E-state index contributed by atoms with van der Waals surface area (Å²) in [7, 11) is 0. The summed E-state index contributed by atoms with van der Waals surface area (Å²) < 4.78 is 78.4. The van der Waals surface area contributed by atoms with E-state index in [0.29, 0.717) is 16.7 Å². The normalized spacial score (nSPS) is 13.5. The van der Waals surface area contributed by atoms with Crippen LogP contribution in [-0.2, 0) is 17.1 Å². The standard InChI is InChI=1S/C19H12BrF6N3O/c1-10(11-5-13(18(21,22)23)8-14(6-11)19(24,25)26)28-17(30)12(9-27)7-15-3-2-4-16(20)29-15/h2-8,10H,1H3,(H,28,30)/t10-/m0/s1. The number of pyridine rings is 1. The third kappa shape index (κ3) is 6.06. The zero-order valence-electron chi connectivity index (χ0n) is 15.1. The van der Waals surface area contributed by atoms with Gasteiger partial charge in [-0.3, -0.25) is 4.79 Å². The maximum Gasteiger partial charge on any atom is 0.416 e. The number of hydrogen-bond acceptors (Lipinski definition) is 3. The first-order valence-electron chi connectivity index (χ1n) is 8.16. The second kappa shape index (κ2) is 8.87. The molecule has 2 rings (SSSR count). The van der Waals surface area contributed by atoms with Crippen molar-refractivity contribution in [3.8, 4) is 6.07 Å². The Morgan fingerprint density at radius 1 is 1.13 bits per heavy atom. The van der Waals surface area contributed by atoms with Gasteiger partial charge in [-0.25, -0.2) is 4.98 Å². The Balaban J connectivity index is 2.35. The fourth-order valence-corrected chi connectivity index (χ4v) is 2.74. The minimum atomic E-state index is -5.01. The van der Waals surface area contributed by atoms with Crippen molar-refractivity contribution in [1.82, 2.24) is 10.3 Å². The molecule has 0 aliphatic carbocycles. The predicted octanol–water partition coefficient (Wildman–Crippen LogP) is 5.67. The molecule has 0 saturated carbocycles. The average molecular weight is 492 g/mol. The van der Waals surface area contributed by atoms with E-state index in [4.69, 9.17) is 0 Å². The van der Waals surface area contributed by atoms with Gasteiger partial charge in [-0.2, -0.15) is 31.6 Å². The number of carbonyl (C=O) groups excluding carboxylic acids is 1. The number of hydrogen-bond donors (Lipinski definition) is 1. The van der Waals surface area contributed by atoms with E-state index in [9.17, 15) is 36.4 Å². The zero-order chi connectivity index (χ0) is 22.7. The number of nitrogens with one attached hydrogen (secondary N) is 1. The lowest BCUT2D eigenvalue weighted by Gasteiger charge is -2.19. The summed E-state index contributed by atoms with van der Waals surface area (Å²) in [5.74, 6) is -0.974. The molecule has 1 atom stereocenters. The van der Waals surface area contributed by atoms with Crippen molar-refractivity contribution in [3.05, 3.63) is 69.0 Å². The number of halogens is 7. The quantitative estimate of drug-likeness (QED) is 0.259. The van der Waals surface area contributed by atoms with Gasteiger partial charge in [0.05, 0.1) is 22.9 Å². The third-order valence-electron chi connectivity index (χ3n) is 3.85. The predicted molar refractivity (Wildman–Crippen MR) is 98.5 cm³/mol. The molecule has 1 heterocycles. The molecule has 0 saturated heterocycles. The number of nitriles is 1. The molecule has 0 unspecified atom stereocenters. The van der Waals surface area contributed by atoms with Crippen molar-refractivity contribution < 1.29 is 31.1 Å². The lowest BCUT2D eigenvalue weighted by Crippen LogP contribution is -2.28. The number of rotatable bonds is 4. The van der Waals surface area contributed by atoms with E-state index in [1.807, 2.05) is 0 Å². The summed E-state index contributed by atoms with van der Waals surface area (Å²) in [5.41, 5.74) is -3.58. The molecule has 1 N–H and O–H groups in total. The maximum atomic E-state index is 13.0. The molecule has 11 heteroatoms. The average Bonchev–Trinajstić information content (AvgIpc) is 2.64. The molecular weight excluding hydrogens is 480 g/mol. The van der Waals surface area contributed by atoms with E-state index in [2.05, 4.69) is 26.2 Å². The third-order valence-corrected chi connectivity index (χ3v) is 4.29. The van der Waals surface area contributed by atoms with Gasteiger partial charge in [0.25, 0.3) is 5.91 Å². The minimum Gasteiger partial charge on any atom is -0.345 e. The number of benzene rings is 1. The molecule has 1 aromatic carbocycles. The van der Waals surface area contributed by atoms with E-state index in [1.54, 1.807) is 18.2 Å². The molecule has 0 spiro atoms. The van der Waals surface area contributed by atoms with Crippen molar-refractivity contribution in [1.29, 1.82) is 5.26 Å². The number of amides is 1. The van der Waals surface area contributed by atoms with Crippen LogP contribution in [0.1, 0.15) is 35.3 Å². The number of alkyl halides is 6. The van der Waals surface area contributed by atoms with Gasteiger partial charge in [-0.05, 0) is 64.8 Å². The van der Waals surface area contributed by atoms with Gasteiger partial charge in [0.1, 0.15) is 16.2 Å². The smallest absolute Gasteiger partial charge is 0.345 e. The number of carbonyl (C=O) groups is 1. The Bertz CT molecular complexity index is 992. The van der Waals surface area contributed by atoms with Gasteiger partial charge in [0.2, 0.25) is 0 Å². The zero-order valence-corrected chi connectivity index (χ0v) is 16.7. The molecule has 2 aromatic rings. The van der Waals surface area contributed by atoms with Crippen molar-refractivity contribution in [2.24, 2.45) is 0 Å². The monoisotopic (exact) mass is 491 g/mol. The largest absolute Gasteiger partial charge is 0.416 e. The van der Waals surface area contributed by atoms with Crippen LogP contribution in [0.5, 0.6) is 0 Å². The van der Waals surface area contributed by atoms with Crippen LogP contribution >= 0.6 is 15.9 Å². The molecule has 158 valence electrons. The second-order valence-electron chi connectivity index (χ2n) is 6.09. The highest BCUT2D eigenvalue weighted by atomic mass is 79.9. The summed E-state index contributed by atoms with van der Waals surface area (Å²) in [6, 6.07) is 6.13. The molecular formula is C19H12BrF6N3O. The van der Waals surface area contributed by atoms with E-state index in [-0.39, 0.29) is 11.8 Å². The van der Waals surface area contributed by atoms with Gasteiger partial charge < -0.3 is 5.32 Å². The van der Waals surface area contributed by atoms with Gasteiger partial charge >= 0.3 is 12.4 Å². The van der Waals surface area contributed by atoms with Crippen molar-refractivity contribution >= 4 is 27.9 Å². The highest BCUT2D eigenvalue weighted by Gasteiger charge is 2.37. The van der Waals surface area contributed by atoms with Gasteiger partial charge in [-0.1, -0.05) is 6.07 Å². The van der Waals surface area contributed by atoms with Crippen LogP contribution in [0.25, 0.3) is 6.08 Å². The van der Waals surface area contributed by atoms with Crippen LogP contribution in [0.2, 0.25) is 0 Å². The molecule has 1 amide bonds. The van der Waals surface area contributed by atoms with Crippen LogP contribution in [-0.4, -0.2) is 10.9 Å². The lowest BCUT2D eigenvalue weighted by molar-refractivity contribution is -0.143. The Kier molecular flexibility index (Phi) is 6.92. The van der Waals surface area contributed by atoms with Crippen LogP contribution in [0.4, 0.5) is 26.3 Å². The number of aromatic nitrogens is 1. The molecule has 30 heavy (non-hydrogen) atoms. The second-order valence-corrected chi connectivity index (χ2v) is 6.90. The number of nitrogens with zero attached hydrogens (tertiary/aromatic N) is 2. The molecule has 1 aromatic heterocycles. The topological polar surface area (TPSA) is 65.8 Å². The first-order chi connectivity index (χ1) is 13.8. The van der Waals surface area contributed by atoms with Gasteiger partial charge in [-0.15, -0.1) is 0 Å².